The van der Waals surface area contributed by atoms with Gasteiger partial charge in [0.05, 0.1) is 11.0 Å². The lowest BCUT2D eigenvalue weighted by Crippen LogP contribution is -2.10. The lowest BCUT2D eigenvalue weighted by molar-refractivity contribution is 0.591. The third kappa shape index (κ3) is 4.67. The SMILES string of the molecule is CC(C)(C)c1cc2ccc3c(-c4ccc(-c5ccncc5)cc4)cc(-c4ccc(-n5c6ccccc6c6ccccc65)cc4)c4ccc(c1)c2c34. The standard InChI is InChI=1S/C49H36N2/c1-49(2,3)37-28-35-18-22-41-43(33-14-12-31(13-15-33)32-24-26-50-27-25-32)30-44(42-23-19-36(29-37)47(35)48(41)42)34-16-20-38(21-17-34)51-45-10-6-4-8-39(45)40-9-5-7-11-46(40)51/h4-30H,1-3H3. The van der Waals surface area contributed by atoms with Crippen LogP contribution in [0.5, 0.6) is 0 Å². The number of pyridine rings is 1. The minimum atomic E-state index is 0.0649. The average Bonchev–Trinajstić information content (AvgIpc) is 3.51. The van der Waals surface area contributed by atoms with Crippen LogP contribution in [-0.2, 0) is 5.41 Å². The van der Waals surface area contributed by atoms with E-state index in [1.807, 2.05) is 12.4 Å². The number of nitrogens with zero attached hydrogens (tertiary/aromatic N) is 2. The van der Waals surface area contributed by atoms with Crippen molar-refractivity contribution in [1.29, 1.82) is 0 Å². The van der Waals surface area contributed by atoms with Crippen molar-refractivity contribution in [1.82, 2.24) is 9.55 Å². The number of aromatic nitrogens is 2. The summed E-state index contributed by atoms with van der Waals surface area (Å²) in [4.78, 5) is 4.21. The average molecular weight is 653 g/mol. The third-order valence-electron chi connectivity index (χ3n) is 10.8. The van der Waals surface area contributed by atoms with Gasteiger partial charge in [0.15, 0.2) is 0 Å². The molecule has 0 fully saturated rings. The predicted molar refractivity (Wildman–Crippen MR) is 217 cm³/mol. The molecule has 0 amide bonds. The summed E-state index contributed by atoms with van der Waals surface area (Å²) in [6.45, 7) is 6.90. The fourth-order valence-corrected chi connectivity index (χ4v) is 8.20. The highest BCUT2D eigenvalue weighted by Crippen LogP contribution is 2.45. The molecule has 8 aromatic carbocycles. The summed E-state index contributed by atoms with van der Waals surface area (Å²) in [5, 5.41) is 10.4. The van der Waals surface area contributed by atoms with Crippen LogP contribution in [0.3, 0.4) is 0 Å². The van der Waals surface area contributed by atoms with E-state index in [9.17, 15) is 0 Å². The van der Waals surface area contributed by atoms with E-state index in [2.05, 4.69) is 182 Å². The summed E-state index contributed by atoms with van der Waals surface area (Å²) in [6.07, 6.45) is 3.71. The van der Waals surface area contributed by atoms with Crippen LogP contribution in [0, 0.1) is 0 Å². The number of para-hydroxylation sites is 2. The molecule has 10 rings (SSSR count). The van der Waals surface area contributed by atoms with Crippen molar-refractivity contribution < 1.29 is 0 Å². The molecule has 0 spiro atoms. The minimum Gasteiger partial charge on any atom is -0.309 e. The van der Waals surface area contributed by atoms with Crippen molar-refractivity contribution in [3.63, 3.8) is 0 Å². The van der Waals surface area contributed by atoms with E-state index in [1.165, 1.54) is 93.1 Å². The summed E-state index contributed by atoms with van der Waals surface area (Å²) in [7, 11) is 0. The first-order chi connectivity index (χ1) is 24.9. The Kier molecular flexibility index (Phi) is 6.47. The van der Waals surface area contributed by atoms with Gasteiger partial charge in [-0.05, 0) is 119 Å². The fourth-order valence-electron chi connectivity index (χ4n) is 8.20. The second-order valence-corrected chi connectivity index (χ2v) is 14.9. The molecule has 2 aromatic heterocycles. The van der Waals surface area contributed by atoms with Crippen LogP contribution in [0.15, 0.2) is 164 Å². The Balaban J connectivity index is 1.20. The van der Waals surface area contributed by atoms with Gasteiger partial charge in [0.1, 0.15) is 0 Å². The van der Waals surface area contributed by atoms with Gasteiger partial charge in [-0.3, -0.25) is 4.98 Å². The molecule has 0 aliphatic rings. The van der Waals surface area contributed by atoms with Gasteiger partial charge in [-0.15, -0.1) is 0 Å². The van der Waals surface area contributed by atoms with Crippen molar-refractivity contribution in [2.75, 3.05) is 0 Å². The highest BCUT2D eigenvalue weighted by Gasteiger charge is 2.20. The monoisotopic (exact) mass is 652 g/mol. The number of fused-ring (bicyclic) bond motifs is 3. The lowest BCUT2D eigenvalue weighted by Gasteiger charge is -2.23. The largest absolute Gasteiger partial charge is 0.309 e. The summed E-state index contributed by atoms with van der Waals surface area (Å²) in [5.41, 5.74) is 12.3. The molecule has 10 aromatic rings. The van der Waals surface area contributed by atoms with E-state index >= 15 is 0 Å². The minimum absolute atomic E-state index is 0.0649. The first kappa shape index (κ1) is 29.6. The smallest absolute Gasteiger partial charge is 0.0541 e. The maximum absolute atomic E-state index is 4.21. The summed E-state index contributed by atoms with van der Waals surface area (Å²) < 4.78 is 2.39. The molecule has 0 N–H and O–H groups in total. The second kappa shape index (κ2) is 11.1. The van der Waals surface area contributed by atoms with E-state index in [0.717, 1.165) is 5.69 Å². The predicted octanol–water partition coefficient (Wildman–Crippen LogP) is 13.4. The first-order valence-electron chi connectivity index (χ1n) is 17.8. The molecule has 2 heteroatoms. The van der Waals surface area contributed by atoms with Gasteiger partial charge in [0.25, 0.3) is 0 Å². The fraction of sp³-hybridized carbons (Fsp3) is 0.0816. The van der Waals surface area contributed by atoms with Gasteiger partial charge < -0.3 is 4.57 Å². The molecule has 0 radical (unpaired) electrons. The third-order valence-corrected chi connectivity index (χ3v) is 10.8. The van der Waals surface area contributed by atoms with Crippen molar-refractivity contribution >= 4 is 54.1 Å². The van der Waals surface area contributed by atoms with E-state index in [-0.39, 0.29) is 5.41 Å². The molecule has 0 saturated heterocycles. The number of rotatable bonds is 4. The van der Waals surface area contributed by atoms with Crippen molar-refractivity contribution in [2.24, 2.45) is 0 Å². The van der Waals surface area contributed by atoms with Crippen LogP contribution in [-0.4, -0.2) is 9.55 Å². The Hall–Kier alpha value is -6.25. The normalized spacial score (nSPS) is 12.2. The molecule has 0 aliphatic heterocycles. The highest BCUT2D eigenvalue weighted by molar-refractivity contribution is 6.28. The topological polar surface area (TPSA) is 17.8 Å². The van der Waals surface area contributed by atoms with Crippen LogP contribution < -0.4 is 0 Å². The van der Waals surface area contributed by atoms with Crippen LogP contribution >= 0.6 is 0 Å². The number of hydrogen-bond donors (Lipinski definition) is 0. The van der Waals surface area contributed by atoms with Gasteiger partial charge in [-0.2, -0.15) is 0 Å². The molecule has 0 aliphatic carbocycles. The van der Waals surface area contributed by atoms with Gasteiger partial charge in [0, 0.05) is 28.9 Å². The Morgan fingerprint density at radius 3 is 1.47 bits per heavy atom. The zero-order valence-corrected chi connectivity index (χ0v) is 29.0. The Morgan fingerprint density at radius 1 is 0.431 bits per heavy atom. The quantitative estimate of drug-likeness (QED) is 0.173. The number of benzene rings is 8. The Morgan fingerprint density at radius 2 is 0.922 bits per heavy atom. The Labute approximate surface area is 297 Å². The van der Waals surface area contributed by atoms with Crippen LogP contribution in [0.2, 0.25) is 0 Å². The maximum atomic E-state index is 4.21. The molecular weight excluding hydrogens is 617 g/mol. The lowest BCUT2D eigenvalue weighted by atomic mass is 9.81. The van der Waals surface area contributed by atoms with E-state index in [0.29, 0.717) is 0 Å². The molecule has 2 heterocycles. The van der Waals surface area contributed by atoms with Crippen molar-refractivity contribution in [2.45, 2.75) is 26.2 Å². The highest BCUT2D eigenvalue weighted by atomic mass is 15.0. The molecule has 0 bridgehead atoms. The first-order valence-corrected chi connectivity index (χ1v) is 17.8. The number of hydrogen-bond acceptors (Lipinski definition) is 1. The van der Waals surface area contributed by atoms with Crippen molar-refractivity contribution in [3.05, 3.63) is 170 Å². The molecule has 51 heavy (non-hydrogen) atoms. The molecule has 242 valence electrons. The molecule has 2 nitrogen and oxygen atoms in total. The van der Waals surface area contributed by atoms with Crippen LogP contribution in [0.25, 0.3) is 93.2 Å². The van der Waals surface area contributed by atoms with Crippen LogP contribution in [0.1, 0.15) is 26.3 Å². The Bertz CT molecular complexity index is 2830. The zero-order valence-electron chi connectivity index (χ0n) is 29.0. The molecule has 0 unspecified atom stereocenters. The van der Waals surface area contributed by atoms with E-state index in [4.69, 9.17) is 0 Å². The maximum Gasteiger partial charge on any atom is 0.0541 e. The molecule has 0 saturated carbocycles. The van der Waals surface area contributed by atoms with E-state index < -0.39 is 0 Å². The van der Waals surface area contributed by atoms with Gasteiger partial charge in [-0.25, -0.2) is 0 Å². The molecular formula is C49H36N2. The van der Waals surface area contributed by atoms with Gasteiger partial charge in [-0.1, -0.05) is 130 Å². The van der Waals surface area contributed by atoms with E-state index in [1.54, 1.807) is 0 Å². The summed E-state index contributed by atoms with van der Waals surface area (Å²) in [6, 6.07) is 56.3. The zero-order chi connectivity index (χ0) is 34.3. The van der Waals surface area contributed by atoms with Crippen LogP contribution in [0.4, 0.5) is 0 Å². The van der Waals surface area contributed by atoms with Gasteiger partial charge in [0.2, 0.25) is 0 Å². The van der Waals surface area contributed by atoms with Gasteiger partial charge >= 0.3 is 0 Å². The second-order valence-electron chi connectivity index (χ2n) is 14.9. The summed E-state index contributed by atoms with van der Waals surface area (Å²) in [5.74, 6) is 0. The van der Waals surface area contributed by atoms with Crippen molar-refractivity contribution in [3.8, 4) is 39.1 Å². The molecule has 0 atom stereocenters. The summed E-state index contributed by atoms with van der Waals surface area (Å²) >= 11 is 0.